The second kappa shape index (κ2) is 6.57. The molecule has 25 heavy (non-hydrogen) atoms. The Kier molecular flexibility index (Phi) is 4.11. The van der Waals surface area contributed by atoms with E-state index in [4.69, 9.17) is 9.47 Å². The lowest BCUT2D eigenvalue weighted by Crippen LogP contribution is -1.89. The van der Waals surface area contributed by atoms with Crippen molar-refractivity contribution in [3.8, 4) is 28.6 Å². The maximum Gasteiger partial charge on any atom is 0.231 e. The highest BCUT2D eigenvalue weighted by molar-refractivity contribution is 9.10. The maximum atomic E-state index is 5.94. The quantitative estimate of drug-likeness (QED) is 0.516. The predicted octanol–water partition coefficient (Wildman–Crippen LogP) is 5.19. The Morgan fingerprint density at radius 2 is 1.80 bits per heavy atom. The van der Waals surface area contributed by atoms with E-state index in [0.29, 0.717) is 11.6 Å². The van der Waals surface area contributed by atoms with Gasteiger partial charge in [0.25, 0.3) is 0 Å². The summed E-state index contributed by atoms with van der Waals surface area (Å²) in [4.78, 5) is 11.9. The summed E-state index contributed by atoms with van der Waals surface area (Å²) >= 11 is 3.44. The SMILES string of the molecule is COc1ccc(-c2cc3c(Oc4cccc(Br)c4)ncnc3[nH]2)cc1. The van der Waals surface area contributed by atoms with Gasteiger partial charge in [0.05, 0.1) is 12.5 Å². The number of methoxy groups -OCH3 is 1. The number of aromatic amines is 1. The van der Waals surface area contributed by atoms with Crippen LogP contribution in [0, 0.1) is 0 Å². The van der Waals surface area contributed by atoms with Gasteiger partial charge in [-0.25, -0.2) is 9.97 Å². The van der Waals surface area contributed by atoms with Gasteiger partial charge in [-0.1, -0.05) is 22.0 Å². The standard InChI is InChI=1S/C19H14BrN3O2/c1-24-14-7-5-12(6-8-14)17-10-16-18(23-17)21-11-22-19(16)25-15-4-2-3-13(20)9-15/h2-11H,1H3,(H,21,22,23). The van der Waals surface area contributed by atoms with Crippen molar-refractivity contribution in [3.63, 3.8) is 0 Å². The zero-order chi connectivity index (χ0) is 17.2. The Labute approximate surface area is 152 Å². The highest BCUT2D eigenvalue weighted by Crippen LogP contribution is 2.31. The molecule has 0 bridgehead atoms. The number of halogens is 1. The topological polar surface area (TPSA) is 60.0 Å². The van der Waals surface area contributed by atoms with Crippen LogP contribution in [-0.4, -0.2) is 22.1 Å². The number of H-pyrrole nitrogens is 1. The van der Waals surface area contributed by atoms with Gasteiger partial charge >= 0.3 is 0 Å². The number of ether oxygens (including phenoxy) is 2. The molecule has 5 nitrogen and oxygen atoms in total. The summed E-state index contributed by atoms with van der Waals surface area (Å²) in [5.41, 5.74) is 2.70. The van der Waals surface area contributed by atoms with Crippen molar-refractivity contribution in [2.45, 2.75) is 0 Å². The summed E-state index contributed by atoms with van der Waals surface area (Å²) in [6.45, 7) is 0. The molecule has 0 radical (unpaired) electrons. The molecule has 0 fully saturated rings. The fraction of sp³-hybridized carbons (Fsp3) is 0.0526. The van der Waals surface area contributed by atoms with Gasteiger partial charge in [0, 0.05) is 10.2 Å². The molecule has 2 aromatic carbocycles. The highest BCUT2D eigenvalue weighted by atomic mass is 79.9. The van der Waals surface area contributed by atoms with Crippen LogP contribution in [0.1, 0.15) is 0 Å². The molecule has 4 aromatic rings. The van der Waals surface area contributed by atoms with E-state index in [-0.39, 0.29) is 0 Å². The smallest absolute Gasteiger partial charge is 0.231 e. The number of fused-ring (bicyclic) bond motifs is 1. The van der Waals surface area contributed by atoms with Crippen LogP contribution in [-0.2, 0) is 0 Å². The van der Waals surface area contributed by atoms with Gasteiger partial charge in [0.2, 0.25) is 5.88 Å². The zero-order valence-corrected chi connectivity index (χ0v) is 14.9. The first kappa shape index (κ1) is 15.7. The maximum absolute atomic E-state index is 5.94. The van der Waals surface area contributed by atoms with Gasteiger partial charge in [-0.2, -0.15) is 0 Å². The number of rotatable bonds is 4. The van der Waals surface area contributed by atoms with Crippen LogP contribution in [0.5, 0.6) is 17.4 Å². The molecular formula is C19H14BrN3O2. The Morgan fingerprint density at radius 3 is 2.56 bits per heavy atom. The van der Waals surface area contributed by atoms with Gasteiger partial charge < -0.3 is 14.5 Å². The van der Waals surface area contributed by atoms with E-state index in [0.717, 1.165) is 32.5 Å². The minimum absolute atomic E-state index is 0.513. The molecule has 0 unspecified atom stereocenters. The molecule has 0 atom stereocenters. The molecule has 124 valence electrons. The van der Waals surface area contributed by atoms with Crippen LogP contribution in [0.15, 0.2) is 65.4 Å². The normalized spacial score (nSPS) is 10.8. The van der Waals surface area contributed by atoms with E-state index in [1.807, 2.05) is 54.6 Å². The van der Waals surface area contributed by atoms with Gasteiger partial charge in [-0.05, 0) is 54.1 Å². The number of aromatic nitrogens is 3. The van der Waals surface area contributed by atoms with Crippen LogP contribution < -0.4 is 9.47 Å². The Balaban J connectivity index is 1.73. The first-order valence-electron chi connectivity index (χ1n) is 7.64. The van der Waals surface area contributed by atoms with Gasteiger partial charge in [0.1, 0.15) is 23.5 Å². The molecule has 0 amide bonds. The summed E-state index contributed by atoms with van der Waals surface area (Å²) in [6, 6.07) is 17.5. The van der Waals surface area contributed by atoms with Crippen molar-refractivity contribution >= 4 is 27.0 Å². The molecule has 0 spiro atoms. The van der Waals surface area contributed by atoms with Crippen molar-refractivity contribution in [3.05, 3.63) is 65.4 Å². The molecule has 0 aliphatic rings. The van der Waals surface area contributed by atoms with Crippen LogP contribution in [0.3, 0.4) is 0 Å². The number of nitrogens with one attached hydrogen (secondary N) is 1. The zero-order valence-electron chi connectivity index (χ0n) is 13.4. The Hall–Kier alpha value is -2.86. The minimum atomic E-state index is 0.513. The summed E-state index contributed by atoms with van der Waals surface area (Å²) in [5.74, 6) is 2.04. The van der Waals surface area contributed by atoms with E-state index in [1.165, 1.54) is 6.33 Å². The third kappa shape index (κ3) is 3.21. The predicted molar refractivity (Wildman–Crippen MR) is 100 cm³/mol. The van der Waals surface area contributed by atoms with Crippen molar-refractivity contribution in [2.75, 3.05) is 7.11 Å². The average Bonchev–Trinajstić information content (AvgIpc) is 3.07. The fourth-order valence-electron chi connectivity index (χ4n) is 2.57. The molecule has 2 heterocycles. The van der Waals surface area contributed by atoms with Crippen LogP contribution in [0.2, 0.25) is 0 Å². The summed E-state index contributed by atoms with van der Waals surface area (Å²) in [6.07, 6.45) is 1.49. The fourth-order valence-corrected chi connectivity index (χ4v) is 2.94. The first-order chi connectivity index (χ1) is 12.2. The van der Waals surface area contributed by atoms with E-state index >= 15 is 0 Å². The number of nitrogens with zero attached hydrogens (tertiary/aromatic N) is 2. The van der Waals surface area contributed by atoms with E-state index in [1.54, 1.807) is 7.11 Å². The monoisotopic (exact) mass is 395 g/mol. The summed E-state index contributed by atoms with van der Waals surface area (Å²) < 4.78 is 12.1. The lowest BCUT2D eigenvalue weighted by Gasteiger charge is -2.05. The molecule has 4 rings (SSSR count). The van der Waals surface area contributed by atoms with Crippen molar-refractivity contribution in [1.82, 2.24) is 15.0 Å². The summed E-state index contributed by atoms with van der Waals surface area (Å²) in [5, 5.41) is 0.827. The molecule has 6 heteroatoms. The van der Waals surface area contributed by atoms with Crippen LogP contribution in [0.25, 0.3) is 22.3 Å². The van der Waals surface area contributed by atoms with Crippen LogP contribution >= 0.6 is 15.9 Å². The van der Waals surface area contributed by atoms with Gasteiger partial charge in [0.15, 0.2) is 0 Å². The Bertz CT molecular complexity index is 1030. The Morgan fingerprint density at radius 1 is 0.960 bits per heavy atom. The van der Waals surface area contributed by atoms with Crippen LogP contribution in [0.4, 0.5) is 0 Å². The van der Waals surface area contributed by atoms with E-state index < -0.39 is 0 Å². The molecule has 0 aliphatic carbocycles. The molecule has 0 aliphatic heterocycles. The van der Waals surface area contributed by atoms with Crippen molar-refractivity contribution in [1.29, 1.82) is 0 Å². The minimum Gasteiger partial charge on any atom is -0.497 e. The van der Waals surface area contributed by atoms with E-state index in [9.17, 15) is 0 Å². The molecular weight excluding hydrogens is 382 g/mol. The largest absolute Gasteiger partial charge is 0.497 e. The second-order valence-electron chi connectivity index (χ2n) is 5.41. The lowest BCUT2D eigenvalue weighted by molar-refractivity contribution is 0.415. The second-order valence-corrected chi connectivity index (χ2v) is 6.33. The average molecular weight is 396 g/mol. The highest BCUT2D eigenvalue weighted by Gasteiger charge is 2.11. The van der Waals surface area contributed by atoms with Crippen molar-refractivity contribution in [2.24, 2.45) is 0 Å². The number of hydrogen-bond donors (Lipinski definition) is 1. The third-order valence-corrected chi connectivity index (χ3v) is 4.29. The van der Waals surface area contributed by atoms with Crippen molar-refractivity contribution < 1.29 is 9.47 Å². The molecule has 0 saturated carbocycles. The lowest BCUT2D eigenvalue weighted by atomic mass is 10.1. The molecule has 0 saturated heterocycles. The van der Waals surface area contributed by atoms with E-state index in [2.05, 4.69) is 30.9 Å². The van der Waals surface area contributed by atoms with Gasteiger partial charge in [-0.3, -0.25) is 0 Å². The number of benzene rings is 2. The molecule has 1 N–H and O–H groups in total. The molecule has 2 aromatic heterocycles. The van der Waals surface area contributed by atoms with Gasteiger partial charge in [-0.15, -0.1) is 0 Å². The number of hydrogen-bond acceptors (Lipinski definition) is 4. The third-order valence-electron chi connectivity index (χ3n) is 3.80. The summed E-state index contributed by atoms with van der Waals surface area (Å²) in [7, 11) is 1.65. The first-order valence-corrected chi connectivity index (χ1v) is 8.44.